The Balaban J connectivity index is 2.45. The summed E-state index contributed by atoms with van der Waals surface area (Å²) in [5.74, 6) is 0.368. The molecule has 0 aromatic heterocycles. The van der Waals surface area contributed by atoms with Crippen molar-refractivity contribution < 1.29 is 13.2 Å². The van der Waals surface area contributed by atoms with Gasteiger partial charge in [-0.25, -0.2) is 8.42 Å². The summed E-state index contributed by atoms with van der Waals surface area (Å²) >= 11 is 0. The van der Waals surface area contributed by atoms with Gasteiger partial charge in [0.1, 0.15) is 5.78 Å². The SMILES string of the molecule is CCCCCS(=O)(=O)C1CCC(=O)C1. The molecule has 0 aromatic rings. The highest BCUT2D eigenvalue weighted by Crippen LogP contribution is 2.23. The van der Waals surface area contributed by atoms with E-state index < -0.39 is 9.84 Å². The lowest BCUT2D eigenvalue weighted by Gasteiger charge is -2.09. The molecule has 0 aromatic carbocycles. The highest BCUT2D eigenvalue weighted by Gasteiger charge is 2.32. The van der Waals surface area contributed by atoms with Crippen LogP contribution in [0, 0.1) is 0 Å². The molecule has 1 atom stereocenters. The van der Waals surface area contributed by atoms with E-state index in [2.05, 4.69) is 0 Å². The zero-order valence-corrected chi connectivity index (χ0v) is 9.48. The van der Waals surface area contributed by atoms with Gasteiger partial charge in [-0.05, 0) is 12.8 Å². The average molecular weight is 218 g/mol. The van der Waals surface area contributed by atoms with Crippen molar-refractivity contribution >= 4 is 15.6 Å². The Labute approximate surface area is 85.8 Å². The number of rotatable bonds is 5. The molecule has 0 heterocycles. The fraction of sp³-hybridized carbons (Fsp3) is 0.900. The Morgan fingerprint density at radius 1 is 1.36 bits per heavy atom. The summed E-state index contributed by atoms with van der Waals surface area (Å²) in [4.78, 5) is 11.0. The first-order valence-corrected chi connectivity index (χ1v) is 7.01. The van der Waals surface area contributed by atoms with E-state index >= 15 is 0 Å². The van der Waals surface area contributed by atoms with Gasteiger partial charge in [-0.15, -0.1) is 0 Å². The molecule has 1 unspecified atom stereocenters. The van der Waals surface area contributed by atoms with Gasteiger partial charge in [-0.2, -0.15) is 0 Å². The van der Waals surface area contributed by atoms with Crippen molar-refractivity contribution in [3.8, 4) is 0 Å². The largest absolute Gasteiger partial charge is 0.300 e. The highest BCUT2D eigenvalue weighted by molar-refractivity contribution is 7.92. The molecular weight excluding hydrogens is 200 g/mol. The molecule has 0 aliphatic heterocycles. The van der Waals surface area contributed by atoms with Crippen LogP contribution < -0.4 is 0 Å². The zero-order valence-electron chi connectivity index (χ0n) is 8.66. The van der Waals surface area contributed by atoms with Crippen LogP contribution in [0.3, 0.4) is 0 Å². The van der Waals surface area contributed by atoms with Crippen molar-refractivity contribution in [3.05, 3.63) is 0 Å². The summed E-state index contributed by atoms with van der Waals surface area (Å²) in [6.45, 7) is 2.05. The lowest BCUT2D eigenvalue weighted by Crippen LogP contribution is -2.21. The second-order valence-electron chi connectivity index (χ2n) is 3.98. The zero-order chi connectivity index (χ0) is 10.6. The van der Waals surface area contributed by atoms with Crippen LogP contribution >= 0.6 is 0 Å². The fourth-order valence-electron chi connectivity index (χ4n) is 1.81. The van der Waals surface area contributed by atoms with Gasteiger partial charge in [0.05, 0.1) is 11.0 Å². The quantitative estimate of drug-likeness (QED) is 0.660. The topological polar surface area (TPSA) is 51.2 Å². The first-order valence-electron chi connectivity index (χ1n) is 5.29. The summed E-state index contributed by atoms with van der Waals surface area (Å²) in [6, 6.07) is 0. The molecule has 3 nitrogen and oxygen atoms in total. The number of Topliss-reactive ketones (excluding diaryl/α,β-unsaturated/α-hetero) is 1. The number of carbonyl (C=O) groups is 1. The van der Waals surface area contributed by atoms with Gasteiger partial charge >= 0.3 is 0 Å². The number of hydrogen-bond acceptors (Lipinski definition) is 3. The molecule has 0 N–H and O–H groups in total. The minimum atomic E-state index is -2.99. The minimum Gasteiger partial charge on any atom is -0.300 e. The fourth-order valence-corrected chi connectivity index (χ4v) is 3.66. The predicted octanol–water partition coefficient (Wildman–Crippen LogP) is 1.71. The molecule has 0 amide bonds. The predicted molar refractivity (Wildman–Crippen MR) is 56.0 cm³/mol. The molecule has 14 heavy (non-hydrogen) atoms. The molecule has 0 bridgehead atoms. The van der Waals surface area contributed by atoms with Crippen LogP contribution in [0.25, 0.3) is 0 Å². The van der Waals surface area contributed by atoms with E-state index in [0.29, 0.717) is 12.8 Å². The molecule has 1 aliphatic rings. The molecule has 1 saturated carbocycles. The van der Waals surface area contributed by atoms with Crippen molar-refractivity contribution in [1.29, 1.82) is 0 Å². The summed E-state index contributed by atoms with van der Waals surface area (Å²) in [5.41, 5.74) is 0. The van der Waals surface area contributed by atoms with Crippen LogP contribution in [-0.4, -0.2) is 25.2 Å². The Morgan fingerprint density at radius 2 is 2.07 bits per heavy atom. The average Bonchev–Trinajstić information content (AvgIpc) is 2.53. The van der Waals surface area contributed by atoms with Gasteiger partial charge < -0.3 is 0 Å². The molecule has 1 rings (SSSR count). The first-order chi connectivity index (χ1) is 6.56. The Morgan fingerprint density at radius 3 is 2.57 bits per heavy atom. The molecule has 4 heteroatoms. The molecule has 1 fully saturated rings. The highest BCUT2D eigenvalue weighted by atomic mass is 32.2. The maximum absolute atomic E-state index is 11.7. The summed E-state index contributed by atoms with van der Waals surface area (Å²) in [6.07, 6.45) is 3.99. The third kappa shape index (κ3) is 3.08. The number of sulfone groups is 1. The number of ketones is 1. The maximum Gasteiger partial charge on any atom is 0.153 e. The monoisotopic (exact) mass is 218 g/mol. The second-order valence-corrected chi connectivity index (χ2v) is 6.38. The smallest absolute Gasteiger partial charge is 0.153 e. The van der Waals surface area contributed by atoms with Crippen LogP contribution in [-0.2, 0) is 14.6 Å². The molecule has 1 aliphatic carbocycles. The van der Waals surface area contributed by atoms with Crippen LogP contribution in [0.15, 0.2) is 0 Å². The molecular formula is C10H18O3S. The van der Waals surface area contributed by atoms with Crippen molar-refractivity contribution in [2.75, 3.05) is 5.75 Å². The summed E-state index contributed by atoms with van der Waals surface area (Å²) < 4.78 is 23.4. The lowest BCUT2D eigenvalue weighted by molar-refractivity contribution is -0.117. The van der Waals surface area contributed by atoms with E-state index in [0.717, 1.165) is 19.3 Å². The van der Waals surface area contributed by atoms with Gasteiger partial charge in [0.25, 0.3) is 0 Å². The first kappa shape index (κ1) is 11.7. The van der Waals surface area contributed by atoms with E-state index in [4.69, 9.17) is 0 Å². The molecule has 0 saturated heterocycles. The number of unbranched alkanes of at least 4 members (excludes halogenated alkanes) is 2. The van der Waals surface area contributed by atoms with Gasteiger partial charge in [0, 0.05) is 12.8 Å². The van der Waals surface area contributed by atoms with Gasteiger partial charge in [-0.1, -0.05) is 19.8 Å². The van der Waals surface area contributed by atoms with Crippen LogP contribution in [0.1, 0.15) is 45.4 Å². The normalized spacial score (nSPS) is 22.9. The van der Waals surface area contributed by atoms with E-state index in [1.54, 1.807) is 0 Å². The second kappa shape index (κ2) is 4.91. The molecule has 0 spiro atoms. The van der Waals surface area contributed by atoms with Crippen molar-refractivity contribution in [2.24, 2.45) is 0 Å². The van der Waals surface area contributed by atoms with Gasteiger partial charge in [0.2, 0.25) is 0 Å². The minimum absolute atomic E-state index is 0.106. The molecule has 82 valence electrons. The van der Waals surface area contributed by atoms with Crippen molar-refractivity contribution in [2.45, 2.75) is 50.7 Å². The van der Waals surface area contributed by atoms with E-state index in [1.807, 2.05) is 6.92 Å². The third-order valence-electron chi connectivity index (χ3n) is 2.74. The Hall–Kier alpha value is -0.380. The van der Waals surface area contributed by atoms with Gasteiger partial charge in [0.15, 0.2) is 9.84 Å². The van der Waals surface area contributed by atoms with Crippen LogP contribution in [0.4, 0.5) is 0 Å². The Kier molecular flexibility index (Phi) is 4.11. The third-order valence-corrected chi connectivity index (χ3v) is 5.02. The van der Waals surface area contributed by atoms with Crippen LogP contribution in [0.2, 0.25) is 0 Å². The molecule has 0 radical (unpaired) electrons. The summed E-state index contributed by atoms with van der Waals surface area (Å²) in [5, 5.41) is -0.369. The van der Waals surface area contributed by atoms with Crippen molar-refractivity contribution in [3.63, 3.8) is 0 Å². The number of hydrogen-bond donors (Lipinski definition) is 0. The van der Waals surface area contributed by atoms with E-state index in [-0.39, 0.29) is 23.2 Å². The van der Waals surface area contributed by atoms with Gasteiger partial charge in [-0.3, -0.25) is 4.79 Å². The maximum atomic E-state index is 11.7. The lowest BCUT2D eigenvalue weighted by atomic mass is 10.3. The van der Waals surface area contributed by atoms with Crippen molar-refractivity contribution in [1.82, 2.24) is 0 Å². The van der Waals surface area contributed by atoms with E-state index in [9.17, 15) is 13.2 Å². The van der Waals surface area contributed by atoms with E-state index in [1.165, 1.54) is 0 Å². The Bertz CT molecular complexity index is 292. The van der Waals surface area contributed by atoms with Crippen LogP contribution in [0.5, 0.6) is 0 Å². The summed E-state index contributed by atoms with van der Waals surface area (Å²) in [7, 11) is -2.99. The number of carbonyl (C=O) groups excluding carboxylic acids is 1. The standard InChI is InChI=1S/C10H18O3S/c1-2-3-4-7-14(12,13)10-6-5-9(11)8-10/h10H,2-8H2,1H3.